The molecule has 0 spiro atoms. The molecule has 1 heterocycles. The molecule has 0 radical (unpaired) electrons. The largest absolute Gasteiger partial charge is 0.292 e. The molecule has 1 fully saturated rings. The van der Waals surface area contributed by atoms with Crippen molar-refractivity contribution in [3.05, 3.63) is 81.3 Å². The van der Waals surface area contributed by atoms with Crippen LogP contribution in [0, 0.1) is 11.8 Å². The summed E-state index contributed by atoms with van der Waals surface area (Å²) in [6, 6.07) is 12.8. The molecule has 3 amide bonds. The lowest BCUT2D eigenvalue weighted by Crippen LogP contribution is -2.52. The van der Waals surface area contributed by atoms with E-state index in [0.717, 1.165) is 14.5 Å². The minimum Gasteiger partial charge on any atom is -0.292 e. The van der Waals surface area contributed by atoms with Gasteiger partial charge in [-0.3, -0.25) is 19.2 Å². The highest BCUT2D eigenvalue weighted by Gasteiger charge is 2.51. The van der Waals surface area contributed by atoms with Crippen molar-refractivity contribution in [3.8, 4) is 0 Å². The topological polar surface area (TPSA) is 74.8 Å². The summed E-state index contributed by atoms with van der Waals surface area (Å²) in [5.41, 5.74) is 0.594. The molecule has 6 nitrogen and oxygen atoms in total. The average molecular weight is 502 g/mol. The fourth-order valence-electron chi connectivity index (χ4n) is 3.86. The fourth-order valence-corrected chi connectivity index (χ4v) is 4.25. The molecule has 0 bridgehead atoms. The smallest absolute Gasteiger partial charge is 0.273 e. The van der Waals surface area contributed by atoms with Gasteiger partial charge in [0.05, 0.1) is 11.8 Å². The van der Waals surface area contributed by atoms with Crippen LogP contribution in [-0.2, 0) is 9.59 Å². The third-order valence-electron chi connectivity index (χ3n) is 5.51. The number of hydrogen-bond acceptors (Lipinski definition) is 4. The second-order valence-corrected chi connectivity index (χ2v) is 8.80. The lowest BCUT2D eigenvalue weighted by atomic mass is 9.85. The number of rotatable bonds is 5. The number of Topliss-reactive ketones (excluding diaryl/α,β-unsaturated/α-hetero) is 1. The molecule has 1 saturated heterocycles. The molecule has 8 heteroatoms. The standard InChI is InChI=1S/C23H18BrClN2O4/c24-16-9-5-14(6-10-16)20(28)13-26(21(29)15-7-11-17(25)12-8-15)27-22(30)18-3-1-2-4-19(18)23(27)31/h1-2,5-12,18-19H,3-4,13H2/t18-,19-/m0/s1. The quantitative estimate of drug-likeness (QED) is 0.348. The molecular weight excluding hydrogens is 484 g/mol. The lowest BCUT2D eigenvalue weighted by molar-refractivity contribution is -0.154. The highest BCUT2D eigenvalue weighted by atomic mass is 79.9. The van der Waals surface area contributed by atoms with Gasteiger partial charge in [0, 0.05) is 20.6 Å². The summed E-state index contributed by atoms with van der Waals surface area (Å²) >= 11 is 9.24. The summed E-state index contributed by atoms with van der Waals surface area (Å²) in [4.78, 5) is 52.4. The van der Waals surface area contributed by atoms with E-state index >= 15 is 0 Å². The molecule has 1 aliphatic heterocycles. The van der Waals surface area contributed by atoms with Crippen LogP contribution in [0.3, 0.4) is 0 Å². The van der Waals surface area contributed by atoms with Gasteiger partial charge in [-0.2, -0.15) is 5.01 Å². The van der Waals surface area contributed by atoms with Crippen LogP contribution < -0.4 is 0 Å². The molecule has 31 heavy (non-hydrogen) atoms. The van der Waals surface area contributed by atoms with E-state index in [9.17, 15) is 19.2 Å². The van der Waals surface area contributed by atoms with Gasteiger partial charge in [0.2, 0.25) is 0 Å². The van der Waals surface area contributed by atoms with Crippen LogP contribution in [0.1, 0.15) is 33.6 Å². The zero-order chi connectivity index (χ0) is 22.1. The Morgan fingerprint density at radius 3 is 1.97 bits per heavy atom. The van der Waals surface area contributed by atoms with Crippen LogP contribution >= 0.6 is 27.5 Å². The number of allylic oxidation sites excluding steroid dienone is 2. The molecule has 4 rings (SSSR count). The lowest BCUT2D eigenvalue weighted by Gasteiger charge is -2.30. The van der Waals surface area contributed by atoms with E-state index in [-0.39, 0.29) is 11.3 Å². The molecule has 2 atom stereocenters. The Hall–Kier alpha value is -2.77. The number of amides is 3. The van der Waals surface area contributed by atoms with Crippen LogP contribution in [0.25, 0.3) is 0 Å². The van der Waals surface area contributed by atoms with Gasteiger partial charge in [-0.15, -0.1) is 0 Å². The second kappa shape index (κ2) is 8.77. The van der Waals surface area contributed by atoms with Gasteiger partial charge in [-0.05, 0) is 49.2 Å². The first-order chi connectivity index (χ1) is 14.9. The van der Waals surface area contributed by atoms with Gasteiger partial charge in [-0.25, -0.2) is 5.01 Å². The van der Waals surface area contributed by atoms with E-state index in [1.165, 1.54) is 12.1 Å². The first-order valence-corrected chi connectivity index (χ1v) is 10.9. The number of halogens is 2. The Morgan fingerprint density at radius 1 is 0.903 bits per heavy atom. The van der Waals surface area contributed by atoms with Gasteiger partial charge in [-0.1, -0.05) is 51.8 Å². The Kier molecular flexibility index (Phi) is 6.07. The van der Waals surface area contributed by atoms with Crippen molar-refractivity contribution in [2.45, 2.75) is 12.8 Å². The van der Waals surface area contributed by atoms with Crippen molar-refractivity contribution in [3.63, 3.8) is 0 Å². The molecular formula is C23H18BrClN2O4. The Bertz CT molecular complexity index is 1060. The third kappa shape index (κ3) is 4.20. The number of hydrogen-bond donors (Lipinski definition) is 0. The summed E-state index contributed by atoms with van der Waals surface area (Å²) < 4.78 is 0.805. The summed E-state index contributed by atoms with van der Waals surface area (Å²) in [5, 5.41) is 2.28. The van der Waals surface area contributed by atoms with Crippen LogP contribution in [0.2, 0.25) is 5.02 Å². The van der Waals surface area contributed by atoms with Crippen molar-refractivity contribution < 1.29 is 19.2 Å². The Labute approximate surface area is 192 Å². The maximum Gasteiger partial charge on any atom is 0.273 e. The van der Waals surface area contributed by atoms with Gasteiger partial charge >= 0.3 is 0 Å². The first-order valence-electron chi connectivity index (χ1n) is 9.75. The van der Waals surface area contributed by atoms with E-state index < -0.39 is 36.1 Å². The van der Waals surface area contributed by atoms with E-state index in [1.807, 2.05) is 12.2 Å². The van der Waals surface area contributed by atoms with Crippen molar-refractivity contribution in [1.82, 2.24) is 10.0 Å². The highest BCUT2D eigenvalue weighted by Crippen LogP contribution is 2.36. The summed E-state index contributed by atoms with van der Waals surface area (Å²) in [5.74, 6) is -2.93. The number of fused-ring (bicyclic) bond motifs is 1. The number of carbonyl (C=O) groups is 4. The third-order valence-corrected chi connectivity index (χ3v) is 6.29. The van der Waals surface area contributed by atoms with Gasteiger partial charge in [0.15, 0.2) is 5.78 Å². The summed E-state index contributed by atoms with van der Waals surface area (Å²) in [6.45, 7) is -0.437. The zero-order valence-corrected chi connectivity index (χ0v) is 18.7. The predicted octanol–water partition coefficient (Wildman–Crippen LogP) is 4.29. The zero-order valence-electron chi connectivity index (χ0n) is 16.3. The molecule has 2 aromatic carbocycles. The predicted molar refractivity (Wildman–Crippen MR) is 118 cm³/mol. The Morgan fingerprint density at radius 2 is 1.42 bits per heavy atom. The molecule has 2 aromatic rings. The maximum atomic E-state index is 13.3. The summed E-state index contributed by atoms with van der Waals surface area (Å²) in [6.07, 6.45) is 4.62. The Balaban J connectivity index is 1.68. The van der Waals surface area contributed by atoms with Crippen molar-refractivity contribution in [1.29, 1.82) is 0 Å². The normalized spacial score (nSPS) is 20.0. The molecule has 0 aromatic heterocycles. The van der Waals surface area contributed by atoms with E-state index in [1.54, 1.807) is 36.4 Å². The van der Waals surface area contributed by atoms with E-state index in [4.69, 9.17) is 11.6 Å². The van der Waals surface area contributed by atoms with Gasteiger partial charge in [0.25, 0.3) is 17.7 Å². The van der Waals surface area contributed by atoms with Crippen molar-refractivity contribution >= 4 is 51.0 Å². The molecule has 0 unspecified atom stereocenters. The van der Waals surface area contributed by atoms with Crippen LogP contribution in [0.5, 0.6) is 0 Å². The van der Waals surface area contributed by atoms with Crippen LogP contribution in [-0.4, -0.2) is 40.1 Å². The average Bonchev–Trinajstić information content (AvgIpc) is 3.03. The maximum absolute atomic E-state index is 13.3. The second-order valence-electron chi connectivity index (χ2n) is 7.44. The molecule has 1 aliphatic carbocycles. The molecule has 158 valence electrons. The number of nitrogens with zero attached hydrogens (tertiary/aromatic N) is 2. The summed E-state index contributed by atoms with van der Waals surface area (Å²) in [7, 11) is 0. The minimum atomic E-state index is -0.615. The molecule has 0 N–H and O–H groups in total. The molecule has 0 saturated carbocycles. The minimum absolute atomic E-state index is 0.224. The first kappa shape index (κ1) is 21.5. The number of benzene rings is 2. The van der Waals surface area contributed by atoms with Crippen molar-refractivity contribution in [2.24, 2.45) is 11.8 Å². The van der Waals surface area contributed by atoms with E-state index in [2.05, 4.69) is 15.9 Å². The van der Waals surface area contributed by atoms with Crippen LogP contribution in [0.15, 0.2) is 65.2 Å². The number of ketones is 1. The monoisotopic (exact) mass is 500 g/mol. The molecule has 2 aliphatic rings. The number of hydrazine groups is 1. The van der Waals surface area contributed by atoms with Crippen molar-refractivity contribution in [2.75, 3.05) is 6.54 Å². The van der Waals surface area contributed by atoms with Gasteiger partial charge < -0.3 is 0 Å². The highest BCUT2D eigenvalue weighted by molar-refractivity contribution is 9.10. The number of imide groups is 1. The van der Waals surface area contributed by atoms with Gasteiger partial charge in [0.1, 0.15) is 6.54 Å². The fraction of sp³-hybridized carbons (Fsp3) is 0.217. The van der Waals surface area contributed by atoms with Crippen LogP contribution in [0.4, 0.5) is 0 Å². The number of carbonyl (C=O) groups excluding carboxylic acids is 4. The SMILES string of the molecule is O=C(CN(C(=O)c1ccc(Cl)cc1)N1C(=O)[C@H]2CC=CC[C@@H]2C1=O)c1ccc(Br)cc1. The van der Waals surface area contributed by atoms with E-state index in [0.29, 0.717) is 23.4 Å².